The van der Waals surface area contributed by atoms with Crippen molar-refractivity contribution in [2.75, 3.05) is 0 Å². The van der Waals surface area contributed by atoms with E-state index in [0.717, 1.165) is 22.5 Å². The molecule has 0 radical (unpaired) electrons. The summed E-state index contributed by atoms with van der Waals surface area (Å²) in [6, 6.07) is 10.1. The van der Waals surface area contributed by atoms with E-state index < -0.39 is 0 Å². The molecular weight excluding hydrogens is 244 g/mol. The first-order chi connectivity index (χ1) is 8.58. The van der Waals surface area contributed by atoms with Gasteiger partial charge in [0.25, 0.3) is 0 Å². The smallest absolute Gasteiger partial charge is 0.221 e. The summed E-state index contributed by atoms with van der Waals surface area (Å²) in [4.78, 5) is 8.77. The van der Waals surface area contributed by atoms with Crippen molar-refractivity contribution in [1.29, 1.82) is 0 Å². The summed E-state index contributed by atoms with van der Waals surface area (Å²) in [5, 5.41) is 0.310. The second-order valence-electron chi connectivity index (χ2n) is 5.02. The molecule has 0 unspecified atom stereocenters. The van der Waals surface area contributed by atoms with E-state index in [2.05, 4.69) is 36.0 Å². The van der Waals surface area contributed by atoms with E-state index in [4.69, 9.17) is 11.6 Å². The normalized spacial score (nSPS) is 15.7. The number of aromatic nitrogens is 2. The Labute approximate surface area is 111 Å². The Morgan fingerprint density at radius 1 is 1.06 bits per heavy atom. The van der Waals surface area contributed by atoms with Crippen LogP contribution in [0.25, 0.3) is 17.3 Å². The third-order valence-electron chi connectivity index (χ3n) is 3.24. The van der Waals surface area contributed by atoms with Gasteiger partial charge in [-0.3, -0.25) is 0 Å². The molecule has 1 aromatic carbocycles. The molecule has 0 N–H and O–H groups in total. The Kier molecular flexibility index (Phi) is 2.49. The largest absolute Gasteiger partial charge is 0.223 e. The van der Waals surface area contributed by atoms with Crippen molar-refractivity contribution in [3.8, 4) is 11.3 Å². The van der Waals surface area contributed by atoms with Crippen LogP contribution in [-0.4, -0.2) is 9.97 Å². The molecule has 2 aromatic rings. The fraction of sp³-hybridized carbons (Fsp3) is 0.200. The molecule has 0 bridgehead atoms. The maximum Gasteiger partial charge on any atom is 0.223 e. The van der Waals surface area contributed by atoms with E-state index in [0.29, 0.717) is 5.28 Å². The van der Waals surface area contributed by atoms with Crippen LogP contribution in [0.1, 0.15) is 25.1 Å². The van der Waals surface area contributed by atoms with Gasteiger partial charge in [0.15, 0.2) is 0 Å². The van der Waals surface area contributed by atoms with E-state index in [1.54, 1.807) is 0 Å². The monoisotopic (exact) mass is 256 g/mol. The van der Waals surface area contributed by atoms with Crippen LogP contribution in [0.5, 0.6) is 0 Å². The van der Waals surface area contributed by atoms with Gasteiger partial charge in [-0.05, 0) is 11.6 Å². The van der Waals surface area contributed by atoms with Crippen LogP contribution in [0, 0.1) is 0 Å². The minimum Gasteiger partial charge on any atom is -0.221 e. The van der Waals surface area contributed by atoms with Gasteiger partial charge in [-0.15, -0.1) is 0 Å². The first-order valence-electron chi connectivity index (χ1n) is 5.90. The van der Waals surface area contributed by atoms with Crippen molar-refractivity contribution in [3.63, 3.8) is 0 Å². The number of halogens is 1. The summed E-state index contributed by atoms with van der Waals surface area (Å²) < 4.78 is 0. The molecule has 3 rings (SSSR count). The molecule has 1 aromatic heterocycles. The molecule has 90 valence electrons. The lowest BCUT2D eigenvalue weighted by molar-refractivity contribution is 0.654. The number of fused-ring (bicyclic) bond motifs is 1. The number of nitrogens with zero attached hydrogens (tertiary/aromatic N) is 2. The van der Waals surface area contributed by atoms with E-state index in [1.165, 1.54) is 0 Å². The molecule has 1 heterocycles. The summed E-state index contributed by atoms with van der Waals surface area (Å²) in [6.07, 6.45) is 4.24. The van der Waals surface area contributed by atoms with Gasteiger partial charge < -0.3 is 0 Å². The highest BCUT2D eigenvalue weighted by Gasteiger charge is 2.29. The van der Waals surface area contributed by atoms with Gasteiger partial charge in [0.1, 0.15) is 0 Å². The molecule has 0 saturated carbocycles. The van der Waals surface area contributed by atoms with Crippen molar-refractivity contribution in [2.45, 2.75) is 19.3 Å². The highest BCUT2D eigenvalue weighted by Crippen LogP contribution is 2.38. The fourth-order valence-electron chi connectivity index (χ4n) is 2.28. The molecule has 1 aliphatic carbocycles. The van der Waals surface area contributed by atoms with Crippen LogP contribution in [0.3, 0.4) is 0 Å². The van der Waals surface area contributed by atoms with Gasteiger partial charge in [-0.1, -0.05) is 56.3 Å². The van der Waals surface area contributed by atoms with Gasteiger partial charge in [-0.25, -0.2) is 9.97 Å². The lowest BCUT2D eigenvalue weighted by atomic mass is 9.91. The second-order valence-corrected chi connectivity index (χ2v) is 5.36. The fourth-order valence-corrected chi connectivity index (χ4v) is 2.45. The SMILES string of the molecule is CC1(C)C=Cc2c(-c3ccccc3)nc(Cl)nc21. The second kappa shape index (κ2) is 3.92. The zero-order valence-corrected chi connectivity index (χ0v) is 11.1. The lowest BCUT2D eigenvalue weighted by Crippen LogP contribution is -2.14. The molecule has 0 amide bonds. The maximum absolute atomic E-state index is 6.06. The molecule has 18 heavy (non-hydrogen) atoms. The average molecular weight is 257 g/mol. The summed E-state index contributed by atoms with van der Waals surface area (Å²) in [5.74, 6) is 0. The van der Waals surface area contributed by atoms with Gasteiger partial charge in [0.2, 0.25) is 5.28 Å². The lowest BCUT2D eigenvalue weighted by Gasteiger charge is -2.17. The van der Waals surface area contributed by atoms with Crippen LogP contribution >= 0.6 is 11.6 Å². The third-order valence-corrected chi connectivity index (χ3v) is 3.41. The number of hydrogen-bond acceptors (Lipinski definition) is 2. The highest BCUT2D eigenvalue weighted by molar-refractivity contribution is 6.28. The summed E-state index contributed by atoms with van der Waals surface area (Å²) in [7, 11) is 0. The van der Waals surface area contributed by atoms with Crippen molar-refractivity contribution < 1.29 is 0 Å². The summed E-state index contributed by atoms with van der Waals surface area (Å²) >= 11 is 6.06. The van der Waals surface area contributed by atoms with Crippen molar-refractivity contribution in [1.82, 2.24) is 9.97 Å². The standard InChI is InChI=1S/C15H13ClN2/c1-15(2)9-8-11-12(10-6-4-3-5-7-10)17-14(16)18-13(11)15/h3-9H,1-2H3. The molecular formula is C15H13ClN2. The molecule has 0 atom stereocenters. The molecule has 2 nitrogen and oxygen atoms in total. The number of hydrogen-bond donors (Lipinski definition) is 0. The van der Waals surface area contributed by atoms with Crippen LogP contribution in [0.15, 0.2) is 36.4 Å². The van der Waals surface area contributed by atoms with Gasteiger partial charge in [-0.2, -0.15) is 0 Å². The topological polar surface area (TPSA) is 25.8 Å². The minimum atomic E-state index is -0.0779. The average Bonchev–Trinajstić information content (AvgIpc) is 2.66. The Morgan fingerprint density at radius 3 is 2.50 bits per heavy atom. The van der Waals surface area contributed by atoms with E-state index in [9.17, 15) is 0 Å². The van der Waals surface area contributed by atoms with Gasteiger partial charge in [0, 0.05) is 16.5 Å². The Hall–Kier alpha value is -1.67. The van der Waals surface area contributed by atoms with E-state index >= 15 is 0 Å². The molecule has 0 saturated heterocycles. The number of allylic oxidation sites excluding steroid dienone is 1. The maximum atomic E-state index is 6.06. The predicted octanol–water partition coefficient (Wildman–Crippen LogP) is 4.10. The molecule has 0 aliphatic heterocycles. The van der Waals surface area contributed by atoms with Gasteiger partial charge >= 0.3 is 0 Å². The highest BCUT2D eigenvalue weighted by atomic mass is 35.5. The van der Waals surface area contributed by atoms with Crippen molar-refractivity contribution in [3.05, 3.63) is 52.9 Å². The van der Waals surface area contributed by atoms with Gasteiger partial charge in [0.05, 0.1) is 11.4 Å². The molecule has 1 aliphatic rings. The molecule has 3 heteroatoms. The molecule has 0 fully saturated rings. The van der Waals surface area contributed by atoms with Crippen LogP contribution in [-0.2, 0) is 5.41 Å². The summed E-state index contributed by atoms with van der Waals surface area (Å²) in [6.45, 7) is 4.26. The van der Waals surface area contributed by atoms with E-state index in [-0.39, 0.29) is 5.41 Å². The molecule has 0 spiro atoms. The third kappa shape index (κ3) is 1.73. The van der Waals surface area contributed by atoms with Crippen molar-refractivity contribution >= 4 is 17.7 Å². The number of benzene rings is 1. The van der Waals surface area contributed by atoms with Crippen LogP contribution in [0.4, 0.5) is 0 Å². The van der Waals surface area contributed by atoms with Crippen molar-refractivity contribution in [2.24, 2.45) is 0 Å². The quantitative estimate of drug-likeness (QED) is 0.718. The Bertz CT molecular complexity index is 630. The van der Waals surface area contributed by atoms with E-state index in [1.807, 2.05) is 30.3 Å². The zero-order chi connectivity index (χ0) is 12.8. The minimum absolute atomic E-state index is 0.0779. The van der Waals surface area contributed by atoms with Crippen LogP contribution < -0.4 is 0 Å². The Morgan fingerprint density at radius 2 is 1.78 bits per heavy atom. The number of rotatable bonds is 1. The predicted molar refractivity (Wildman–Crippen MR) is 74.5 cm³/mol. The van der Waals surface area contributed by atoms with Crippen LogP contribution in [0.2, 0.25) is 5.28 Å². The first kappa shape index (κ1) is 11.4. The first-order valence-corrected chi connectivity index (χ1v) is 6.28. The summed E-state index contributed by atoms with van der Waals surface area (Å²) in [5.41, 5.74) is 3.98. The zero-order valence-electron chi connectivity index (χ0n) is 10.3. The Balaban J connectivity index is 2.27.